The Balaban J connectivity index is 0. The fraction of sp³-hybridized carbons (Fsp3) is 1.00. The lowest BCUT2D eigenvalue weighted by Gasteiger charge is -2.14. The van der Waals surface area contributed by atoms with Gasteiger partial charge in [-0.15, -0.1) is 0 Å². The minimum atomic E-state index is -1.75. The average molecular weight is 139 g/mol. The van der Waals surface area contributed by atoms with Crippen LogP contribution >= 0.6 is 8.69 Å². The van der Waals surface area contributed by atoms with Crippen LogP contribution in [0.3, 0.4) is 0 Å². The van der Waals surface area contributed by atoms with Gasteiger partial charge in [-0.3, -0.25) is 0 Å². The largest absolute Gasteiger partial charge is 0.804 e. The maximum Gasteiger partial charge on any atom is 0.0675 e. The minimum Gasteiger partial charge on any atom is -0.804 e. The normalized spacial score (nSPS) is 11.1. The van der Waals surface area contributed by atoms with Gasteiger partial charge in [0.2, 0.25) is 0 Å². The van der Waals surface area contributed by atoms with Gasteiger partial charge in [0, 0.05) is 0 Å². The highest BCUT2D eigenvalue weighted by molar-refractivity contribution is 7.14. The van der Waals surface area contributed by atoms with Crippen LogP contribution in [0.1, 0.15) is 0 Å². The first-order valence-corrected chi connectivity index (χ1v) is 3.20. The summed E-state index contributed by atoms with van der Waals surface area (Å²) in [7, 11) is 6.75. The molecule has 0 amide bonds. The van der Waals surface area contributed by atoms with Crippen molar-refractivity contribution in [1.82, 2.24) is 0 Å². The second-order valence-electron chi connectivity index (χ2n) is 2.78. The van der Waals surface area contributed by atoms with Crippen LogP contribution in [0.15, 0.2) is 0 Å². The first-order chi connectivity index (χ1) is 3.41. The summed E-state index contributed by atoms with van der Waals surface area (Å²) in [6, 6.07) is 0. The van der Waals surface area contributed by atoms with Crippen LogP contribution in [0.2, 0.25) is 0 Å². The van der Waals surface area contributed by atoms with Crippen molar-refractivity contribution in [2.45, 2.75) is 0 Å². The van der Waals surface area contributed by atoms with E-state index in [0.717, 1.165) is 4.48 Å². The van der Waals surface area contributed by atoms with E-state index in [0.29, 0.717) is 0 Å². The van der Waals surface area contributed by atoms with E-state index in [1.807, 2.05) is 0 Å². The molecule has 1 atom stereocenters. The van der Waals surface area contributed by atoms with Crippen molar-refractivity contribution >= 4 is 8.69 Å². The molecule has 0 N–H and O–H groups in total. The lowest BCUT2D eigenvalue weighted by molar-refractivity contribution is -0.849. The van der Waals surface area contributed by atoms with Gasteiger partial charge in [-0.1, -0.05) is 0 Å². The maximum absolute atomic E-state index is 8.46. The third kappa shape index (κ3) is 7250. The van der Waals surface area contributed by atoms with Gasteiger partial charge in [-0.25, -0.2) is 0 Å². The second-order valence-corrected chi connectivity index (χ2v) is 2.97. The highest BCUT2D eigenvalue weighted by atomic mass is 31.1. The van der Waals surface area contributed by atoms with E-state index in [2.05, 4.69) is 28.2 Å². The number of rotatable bonds is 0. The zero-order valence-corrected chi connectivity index (χ0v) is 7.00. The van der Waals surface area contributed by atoms with Crippen molar-refractivity contribution in [2.24, 2.45) is 0 Å². The monoisotopic (exact) mass is 139 g/mol. The van der Waals surface area contributed by atoms with Crippen molar-refractivity contribution < 1.29 is 13.9 Å². The number of hydrogen-bond donors (Lipinski definition) is 0. The van der Waals surface area contributed by atoms with Gasteiger partial charge < -0.3 is 13.9 Å². The van der Waals surface area contributed by atoms with Gasteiger partial charge in [-0.05, 0) is 8.69 Å². The fourth-order valence-electron chi connectivity index (χ4n) is 0. The molecule has 8 heavy (non-hydrogen) atoms. The zero-order valence-electron chi connectivity index (χ0n) is 5.84. The number of nitrogens with zero attached hydrogens (tertiary/aromatic N) is 1. The smallest absolute Gasteiger partial charge is 0.0675 e. The first kappa shape index (κ1) is 11.0. The highest BCUT2D eigenvalue weighted by Crippen LogP contribution is 1.73. The third-order valence-electron chi connectivity index (χ3n) is 0. The van der Waals surface area contributed by atoms with Crippen LogP contribution in [0, 0.1) is 0 Å². The van der Waals surface area contributed by atoms with Crippen molar-refractivity contribution in [1.29, 1.82) is 0 Å². The summed E-state index contributed by atoms with van der Waals surface area (Å²) in [6.07, 6.45) is 0. The van der Waals surface area contributed by atoms with Gasteiger partial charge in [0.1, 0.15) is 0 Å². The molecule has 0 heterocycles. The highest BCUT2D eigenvalue weighted by Gasteiger charge is 1.88. The third-order valence-corrected chi connectivity index (χ3v) is 0. The van der Waals surface area contributed by atoms with Gasteiger partial charge >= 0.3 is 0 Å². The van der Waals surface area contributed by atoms with Crippen molar-refractivity contribution in [3.8, 4) is 0 Å². The van der Waals surface area contributed by atoms with E-state index >= 15 is 0 Å². The van der Waals surface area contributed by atoms with E-state index < -0.39 is 8.69 Å². The van der Waals surface area contributed by atoms with E-state index in [1.54, 1.807) is 0 Å². The Bertz CT molecular complexity index is 53.5. The van der Waals surface area contributed by atoms with Crippen LogP contribution in [-0.4, -0.2) is 32.7 Å². The predicted molar refractivity (Wildman–Crippen MR) is 34.4 cm³/mol. The number of hydrogen-bond acceptors (Lipinski definition) is 2. The Labute approximate surface area is 51.8 Å². The topological polar surface area (TPSA) is 40.1 Å². The average Bonchev–Trinajstić information content (AvgIpc) is 1.27. The zero-order chi connectivity index (χ0) is 7.21. The van der Waals surface area contributed by atoms with E-state index in [9.17, 15) is 0 Å². The molecule has 0 saturated carbocycles. The van der Waals surface area contributed by atoms with E-state index in [-0.39, 0.29) is 0 Å². The van der Waals surface area contributed by atoms with Crippen LogP contribution in [0.4, 0.5) is 0 Å². The quantitative estimate of drug-likeness (QED) is 0.330. The summed E-state index contributed by atoms with van der Waals surface area (Å²) in [4.78, 5) is 8.46. The van der Waals surface area contributed by atoms with Gasteiger partial charge in [0.15, 0.2) is 0 Å². The summed E-state index contributed by atoms with van der Waals surface area (Å²) < 4.78 is 9.46. The van der Waals surface area contributed by atoms with E-state index in [4.69, 9.17) is 9.46 Å². The Morgan fingerprint density at radius 1 is 1.25 bits per heavy atom. The van der Waals surface area contributed by atoms with Crippen LogP contribution in [0.5, 0.6) is 0 Å². The second kappa shape index (κ2) is 5.29. The lowest BCUT2D eigenvalue weighted by atomic mass is 10.8. The van der Waals surface area contributed by atoms with E-state index in [1.165, 1.54) is 0 Å². The number of quaternary nitrogens is 1. The van der Waals surface area contributed by atoms with Crippen LogP contribution in [-0.2, 0) is 4.57 Å². The minimum absolute atomic E-state index is 1.00. The first-order valence-electron chi connectivity index (χ1n) is 2.26. The summed E-state index contributed by atoms with van der Waals surface area (Å²) in [5.41, 5.74) is 0. The van der Waals surface area contributed by atoms with Crippen molar-refractivity contribution in [3.05, 3.63) is 0 Å². The molecule has 4 heteroatoms. The Morgan fingerprint density at radius 3 is 1.25 bits per heavy atom. The molecule has 52 valence electrons. The van der Waals surface area contributed by atoms with Gasteiger partial charge in [0.05, 0.1) is 28.2 Å². The Morgan fingerprint density at radius 2 is 1.25 bits per heavy atom. The Kier molecular flexibility index (Phi) is 7.28. The molecule has 0 saturated heterocycles. The predicted octanol–water partition coefficient (Wildman–Crippen LogP) is -0.660. The summed E-state index contributed by atoms with van der Waals surface area (Å²) in [6.45, 7) is 0. The van der Waals surface area contributed by atoms with Crippen LogP contribution < -0.4 is 4.89 Å². The molecule has 0 aliphatic rings. The van der Waals surface area contributed by atoms with Crippen molar-refractivity contribution in [2.75, 3.05) is 28.2 Å². The van der Waals surface area contributed by atoms with Gasteiger partial charge in [0.25, 0.3) is 0 Å². The molecule has 0 aliphatic heterocycles. The maximum atomic E-state index is 8.46. The molecule has 0 bridgehead atoms. The molecule has 0 fully saturated rings. The molecule has 0 spiro atoms. The molecular formula is C4H14NO2P. The van der Waals surface area contributed by atoms with Crippen LogP contribution in [0.25, 0.3) is 0 Å². The SMILES string of the molecule is C[N+](C)(C)C.O=[PH2][O-]. The molecule has 0 aromatic carbocycles. The summed E-state index contributed by atoms with van der Waals surface area (Å²) in [5, 5.41) is 0. The molecule has 1 unspecified atom stereocenters. The molecule has 0 aromatic heterocycles. The molecule has 0 rings (SSSR count). The van der Waals surface area contributed by atoms with Crippen molar-refractivity contribution in [3.63, 3.8) is 0 Å². The van der Waals surface area contributed by atoms with Gasteiger partial charge in [-0.2, -0.15) is 0 Å². The molecule has 0 aliphatic carbocycles. The standard InChI is InChI=1S/C4H12N.H3O2P/c1-5(2,3)4;1-3-2/h1-4H3;3H2,(H,1,2)/q+1;/p-1. The molecule has 3 nitrogen and oxygen atoms in total. The molecular weight excluding hydrogens is 125 g/mol. The molecule has 0 aromatic rings. The lowest BCUT2D eigenvalue weighted by Crippen LogP contribution is -2.27. The summed E-state index contributed by atoms with van der Waals surface area (Å²) in [5.74, 6) is 0. The Hall–Kier alpha value is 0.150. The fourth-order valence-corrected chi connectivity index (χ4v) is 0. The summed E-state index contributed by atoms with van der Waals surface area (Å²) >= 11 is 0. The molecule has 0 radical (unpaired) electrons.